The third-order valence-corrected chi connectivity index (χ3v) is 3.78. The van der Waals surface area contributed by atoms with Gasteiger partial charge in [-0.1, -0.05) is 0 Å². The fourth-order valence-corrected chi connectivity index (χ4v) is 2.97. The number of alkyl halides is 3. The second-order valence-corrected chi connectivity index (χ2v) is 5.20. The topological polar surface area (TPSA) is 15.3 Å². The van der Waals surface area contributed by atoms with Crippen LogP contribution in [0.2, 0.25) is 0 Å². The number of anilines is 1. The first kappa shape index (κ1) is 11.8. The van der Waals surface area contributed by atoms with Crippen LogP contribution in [0, 0.1) is 6.92 Å². The fourth-order valence-electron chi connectivity index (χ4n) is 2.97. The molecule has 0 radical (unpaired) electrons. The van der Waals surface area contributed by atoms with Gasteiger partial charge in [-0.05, 0) is 37.1 Å². The highest BCUT2D eigenvalue weighted by Crippen LogP contribution is 2.35. The van der Waals surface area contributed by atoms with Crippen molar-refractivity contribution in [2.45, 2.75) is 31.6 Å². The fraction of sp³-hybridized carbons (Fsp3) is 0.538. The first-order chi connectivity index (χ1) is 8.43. The summed E-state index contributed by atoms with van der Waals surface area (Å²) in [5, 5.41) is 3.35. The lowest BCUT2D eigenvalue weighted by Crippen LogP contribution is -2.43. The number of rotatable bonds is 1. The summed E-state index contributed by atoms with van der Waals surface area (Å²) in [4.78, 5) is 2.10. The summed E-state index contributed by atoms with van der Waals surface area (Å²) in [6.45, 7) is 3.40. The molecule has 2 bridgehead atoms. The molecule has 0 aromatic heterocycles. The summed E-state index contributed by atoms with van der Waals surface area (Å²) in [5.41, 5.74) is 0.820. The number of hydrogen-bond acceptors (Lipinski definition) is 2. The minimum absolute atomic E-state index is 0.345. The van der Waals surface area contributed by atoms with Crippen molar-refractivity contribution in [1.82, 2.24) is 5.32 Å². The molecule has 2 atom stereocenters. The Hall–Kier alpha value is -1.23. The lowest BCUT2D eigenvalue weighted by atomic mass is 10.1. The van der Waals surface area contributed by atoms with Crippen LogP contribution >= 0.6 is 0 Å². The van der Waals surface area contributed by atoms with Gasteiger partial charge in [0.15, 0.2) is 0 Å². The molecule has 2 aliphatic heterocycles. The van der Waals surface area contributed by atoms with Gasteiger partial charge in [-0.25, -0.2) is 0 Å². The molecule has 1 N–H and O–H groups in total. The summed E-state index contributed by atoms with van der Waals surface area (Å²) >= 11 is 0. The van der Waals surface area contributed by atoms with Crippen molar-refractivity contribution in [3.05, 3.63) is 29.3 Å². The number of aryl methyl sites for hydroxylation is 1. The van der Waals surface area contributed by atoms with E-state index >= 15 is 0 Å². The Morgan fingerprint density at radius 2 is 2.06 bits per heavy atom. The Balaban J connectivity index is 1.95. The van der Waals surface area contributed by atoms with Gasteiger partial charge in [0, 0.05) is 30.9 Å². The highest BCUT2D eigenvalue weighted by molar-refractivity contribution is 5.54. The van der Waals surface area contributed by atoms with E-state index in [1.165, 1.54) is 12.1 Å². The number of nitrogens with zero attached hydrogens (tertiary/aromatic N) is 1. The third kappa shape index (κ3) is 1.96. The maximum atomic E-state index is 12.8. The molecule has 1 aromatic carbocycles. The van der Waals surface area contributed by atoms with Crippen molar-refractivity contribution >= 4 is 5.69 Å². The van der Waals surface area contributed by atoms with Gasteiger partial charge in [-0.3, -0.25) is 0 Å². The van der Waals surface area contributed by atoms with Crippen LogP contribution < -0.4 is 10.2 Å². The maximum Gasteiger partial charge on any atom is 0.416 e. The molecule has 2 fully saturated rings. The van der Waals surface area contributed by atoms with Gasteiger partial charge in [-0.15, -0.1) is 0 Å². The van der Waals surface area contributed by atoms with E-state index in [-0.39, 0.29) is 0 Å². The van der Waals surface area contributed by atoms with Crippen LogP contribution in [-0.2, 0) is 6.18 Å². The Bertz CT molecular complexity index is 470. The molecule has 2 nitrogen and oxygen atoms in total. The first-order valence-electron chi connectivity index (χ1n) is 6.12. The summed E-state index contributed by atoms with van der Waals surface area (Å²) in [6, 6.07) is 5.10. The monoisotopic (exact) mass is 256 g/mol. The average Bonchev–Trinajstić information content (AvgIpc) is 2.88. The van der Waals surface area contributed by atoms with Crippen molar-refractivity contribution in [1.29, 1.82) is 0 Å². The normalized spacial score (nSPS) is 27.0. The number of piperazine rings is 1. The molecule has 1 aromatic rings. The van der Waals surface area contributed by atoms with Gasteiger partial charge in [-0.2, -0.15) is 13.2 Å². The van der Waals surface area contributed by atoms with Crippen LogP contribution in [0.4, 0.5) is 18.9 Å². The lowest BCUT2D eigenvalue weighted by Gasteiger charge is -2.30. The van der Waals surface area contributed by atoms with Crippen LogP contribution in [0.5, 0.6) is 0 Å². The van der Waals surface area contributed by atoms with Crippen molar-refractivity contribution in [2.75, 3.05) is 18.0 Å². The largest absolute Gasteiger partial charge is 0.416 e. The van der Waals surface area contributed by atoms with E-state index in [1.807, 2.05) is 6.07 Å². The quantitative estimate of drug-likeness (QED) is 0.830. The van der Waals surface area contributed by atoms with Crippen molar-refractivity contribution < 1.29 is 13.2 Å². The molecule has 0 saturated carbocycles. The molecule has 2 aliphatic rings. The molecular weight excluding hydrogens is 241 g/mol. The minimum atomic E-state index is -4.27. The molecule has 0 amide bonds. The summed E-state index contributed by atoms with van der Waals surface area (Å²) in [7, 11) is 0. The number of nitrogens with one attached hydrogen (secondary N) is 1. The molecule has 0 spiro atoms. The molecule has 98 valence electrons. The van der Waals surface area contributed by atoms with Gasteiger partial charge in [0.2, 0.25) is 0 Å². The van der Waals surface area contributed by atoms with Gasteiger partial charge >= 0.3 is 6.18 Å². The predicted octanol–water partition coefficient (Wildman–Crippen LogP) is 2.56. The Labute approximate surface area is 104 Å². The number of fused-ring (bicyclic) bond motifs is 2. The molecule has 3 rings (SSSR count). The minimum Gasteiger partial charge on any atom is -0.366 e. The molecule has 2 heterocycles. The second-order valence-electron chi connectivity index (χ2n) is 5.20. The molecule has 18 heavy (non-hydrogen) atoms. The maximum absolute atomic E-state index is 12.8. The van der Waals surface area contributed by atoms with Crippen LogP contribution in [0.1, 0.15) is 17.5 Å². The second kappa shape index (κ2) is 3.88. The zero-order valence-corrected chi connectivity index (χ0v) is 10.1. The van der Waals surface area contributed by atoms with E-state index in [2.05, 4.69) is 10.2 Å². The van der Waals surface area contributed by atoms with Crippen LogP contribution in [0.25, 0.3) is 0 Å². The number of hydrogen-bond donors (Lipinski definition) is 1. The lowest BCUT2D eigenvalue weighted by molar-refractivity contribution is -0.137. The molecular formula is C13H15F3N2. The molecule has 5 heteroatoms. The van der Waals surface area contributed by atoms with E-state index in [0.29, 0.717) is 23.3 Å². The number of benzene rings is 1. The van der Waals surface area contributed by atoms with Gasteiger partial charge in [0.25, 0.3) is 0 Å². The van der Waals surface area contributed by atoms with E-state index in [1.54, 1.807) is 6.92 Å². The van der Waals surface area contributed by atoms with E-state index < -0.39 is 11.7 Å². The smallest absolute Gasteiger partial charge is 0.366 e. The summed E-state index contributed by atoms with van der Waals surface area (Å²) in [5.74, 6) is 0. The number of halogens is 3. The molecule has 2 unspecified atom stereocenters. The van der Waals surface area contributed by atoms with E-state index in [4.69, 9.17) is 0 Å². The van der Waals surface area contributed by atoms with E-state index in [0.717, 1.165) is 19.5 Å². The Morgan fingerprint density at radius 3 is 2.61 bits per heavy atom. The van der Waals surface area contributed by atoms with Gasteiger partial charge < -0.3 is 10.2 Å². The zero-order chi connectivity index (χ0) is 12.9. The average molecular weight is 256 g/mol. The third-order valence-electron chi connectivity index (χ3n) is 3.78. The van der Waals surface area contributed by atoms with Crippen LogP contribution in [-0.4, -0.2) is 25.2 Å². The van der Waals surface area contributed by atoms with Crippen LogP contribution in [0.15, 0.2) is 18.2 Å². The Kier molecular flexibility index (Phi) is 2.55. The van der Waals surface area contributed by atoms with Crippen molar-refractivity contribution in [3.8, 4) is 0 Å². The zero-order valence-electron chi connectivity index (χ0n) is 10.1. The highest BCUT2D eigenvalue weighted by atomic mass is 19.4. The predicted molar refractivity (Wildman–Crippen MR) is 63.7 cm³/mol. The van der Waals surface area contributed by atoms with Gasteiger partial charge in [0.1, 0.15) is 0 Å². The Morgan fingerprint density at radius 1 is 1.28 bits per heavy atom. The molecule has 2 saturated heterocycles. The summed E-state index contributed by atoms with van der Waals surface area (Å²) < 4.78 is 38.4. The summed E-state index contributed by atoms with van der Waals surface area (Å²) in [6.07, 6.45) is -3.23. The van der Waals surface area contributed by atoms with Gasteiger partial charge in [0.05, 0.1) is 5.56 Å². The SMILES string of the molecule is Cc1cc(N2CC3CC2CN3)cc(C(F)(F)F)c1. The van der Waals surface area contributed by atoms with Crippen molar-refractivity contribution in [2.24, 2.45) is 0 Å². The standard InChI is InChI=1S/C13H15F3N2/c1-8-2-9(13(14,15)16)4-11(3-8)18-7-10-5-12(18)6-17-10/h2-4,10,12,17H,5-7H2,1H3. The molecule has 0 aliphatic carbocycles. The van der Waals surface area contributed by atoms with E-state index in [9.17, 15) is 13.2 Å². The first-order valence-corrected chi connectivity index (χ1v) is 6.12. The van der Waals surface area contributed by atoms with Crippen LogP contribution in [0.3, 0.4) is 0 Å². The van der Waals surface area contributed by atoms with Crippen molar-refractivity contribution in [3.63, 3.8) is 0 Å². The highest BCUT2D eigenvalue weighted by Gasteiger charge is 2.38.